The van der Waals surface area contributed by atoms with E-state index in [1.165, 1.54) is 0 Å². The number of amides is 1. The van der Waals surface area contributed by atoms with Gasteiger partial charge >= 0.3 is 6.09 Å². The first-order valence-electron chi connectivity index (χ1n) is 5.60. The monoisotopic (exact) mass is 266 g/mol. The van der Waals surface area contributed by atoms with Gasteiger partial charge in [-0.05, 0) is 33.7 Å². The van der Waals surface area contributed by atoms with E-state index in [1.54, 1.807) is 7.11 Å². The zero-order valence-corrected chi connectivity index (χ0v) is 11.8. The number of methoxy groups -OCH3 is 1. The molecular weight excluding hydrogens is 244 g/mol. The zero-order valence-electron chi connectivity index (χ0n) is 11.0. The molecular formula is C11H23ClN2O3. The molecule has 0 aromatic heterocycles. The Morgan fingerprint density at radius 1 is 1.47 bits per heavy atom. The Hall–Kier alpha value is -0.520. The lowest BCUT2D eigenvalue weighted by Gasteiger charge is -2.27. The fraction of sp³-hybridized carbons (Fsp3) is 0.909. The van der Waals surface area contributed by atoms with Crippen LogP contribution in [0.4, 0.5) is 4.79 Å². The van der Waals surface area contributed by atoms with E-state index in [4.69, 9.17) is 9.47 Å². The van der Waals surface area contributed by atoms with Gasteiger partial charge in [0.2, 0.25) is 0 Å². The summed E-state index contributed by atoms with van der Waals surface area (Å²) in [5.74, 6) is 0. The molecule has 0 aliphatic carbocycles. The molecule has 1 fully saturated rings. The Morgan fingerprint density at radius 3 is 2.53 bits per heavy atom. The molecule has 0 radical (unpaired) electrons. The summed E-state index contributed by atoms with van der Waals surface area (Å²) in [6, 6.07) is 0. The number of halogens is 1. The molecule has 17 heavy (non-hydrogen) atoms. The Bertz CT molecular complexity index is 248. The van der Waals surface area contributed by atoms with E-state index in [9.17, 15) is 4.79 Å². The van der Waals surface area contributed by atoms with Crippen molar-refractivity contribution in [3.05, 3.63) is 0 Å². The second-order valence-electron chi connectivity index (χ2n) is 5.17. The molecule has 6 heteroatoms. The average molecular weight is 267 g/mol. The number of alkyl carbamates (subject to hydrolysis) is 1. The molecule has 2 N–H and O–H groups in total. The lowest BCUT2D eigenvalue weighted by atomic mass is 10.0. The van der Waals surface area contributed by atoms with Crippen LogP contribution < -0.4 is 10.6 Å². The number of hydrogen-bond acceptors (Lipinski definition) is 4. The molecule has 5 nitrogen and oxygen atoms in total. The standard InChI is InChI=1S/C11H22N2O3.ClH/c1-10(2,3)16-9(14)13-8-11(15-4)5-6-12-7-11;/h12H,5-8H2,1-4H3,(H,13,14);1H. The third kappa shape index (κ3) is 5.57. The summed E-state index contributed by atoms with van der Waals surface area (Å²) >= 11 is 0. The van der Waals surface area contributed by atoms with Crippen molar-refractivity contribution in [2.75, 3.05) is 26.7 Å². The first-order chi connectivity index (χ1) is 7.37. The highest BCUT2D eigenvalue weighted by molar-refractivity contribution is 5.85. The summed E-state index contributed by atoms with van der Waals surface area (Å²) in [5.41, 5.74) is -0.741. The fourth-order valence-corrected chi connectivity index (χ4v) is 1.67. The largest absolute Gasteiger partial charge is 0.444 e. The third-order valence-corrected chi connectivity index (χ3v) is 2.59. The maximum atomic E-state index is 11.5. The number of carbonyl (C=O) groups is 1. The van der Waals surface area contributed by atoms with Crippen LogP contribution in [-0.4, -0.2) is 44.0 Å². The van der Waals surface area contributed by atoms with Gasteiger partial charge in [0.15, 0.2) is 0 Å². The van der Waals surface area contributed by atoms with Crippen molar-refractivity contribution in [3.8, 4) is 0 Å². The van der Waals surface area contributed by atoms with E-state index in [0.29, 0.717) is 6.54 Å². The van der Waals surface area contributed by atoms with Crippen LogP contribution in [0.15, 0.2) is 0 Å². The van der Waals surface area contributed by atoms with E-state index in [0.717, 1.165) is 19.5 Å². The average Bonchev–Trinajstić information content (AvgIpc) is 2.61. The number of ether oxygens (including phenoxy) is 2. The van der Waals surface area contributed by atoms with Gasteiger partial charge in [0, 0.05) is 13.7 Å². The van der Waals surface area contributed by atoms with Gasteiger partial charge in [-0.2, -0.15) is 0 Å². The Morgan fingerprint density at radius 2 is 2.12 bits per heavy atom. The molecule has 1 aliphatic heterocycles. The van der Waals surface area contributed by atoms with Gasteiger partial charge < -0.3 is 20.1 Å². The summed E-state index contributed by atoms with van der Waals surface area (Å²) in [5, 5.41) is 5.97. The quantitative estimate of drug-likeness (QED) is 0.809. The molecule has 1 amide bonds. The van der Waals surface area contributed by atoms with E-state index in [-0.39, 0.29) is 18.0 Å². The molecule has 1 saturated heterocycles. The molecule has 1 unspecified atom stereocenters. The summed E-state index contributed by atoms with van der Waals surface area (Å²) in [7, 11) is 1.67. The predicted octanol–water partition coefficient (Wildman–Crippen LogP) is 1.31. The predicted molar refractivity (Wildman–Crippen MR) is 68.7 cm³/mol. The van der Waals surface area contributed by atoms with Crippen molar-refractivity contribution in [2.45, 2.75) is 38.4 Å². The maximum Gasteiger partial charge on any atom is 0.407 e. The lowest BCUT2D eigenvalue weighted by Crippen LogP contribution is -2.47. The van der Waals surface area contributed by atoms with Crippen LogP contribution in [0.3, 0.4) is 0 Å². The molecule has 1 atom stereocenters. The summed E-state index contributed by atoms with van der Waals surface area (Å²) < 4.78 is 10.6. The van der Waals surface area contributed by atoms with Gasteiger partial charge in [0.25, 0.3) is 0 Å². The molecule has 0 spiro atoms. The van der Waals surface area contributed by atoms with Gasteiger partial charge in [0.1, 0.15) is 5.60 Å². The zero-order chi connectivity index (χ0) is 12.2. The first-order valence-corrected chi connectivity index (χ1v) is 5.60. The summed E-state index contributed by atoms with van der Waals surface area (Å²) in [4.78, 5) is 11.5. The van der Waals surface area contributed by atoms with Gasteiger partial charge in [-0.25, -0.2) is 4.79 Å². The topological polar surface area (TPSA) is 59.6 Å². The van der Waals surface area contributed by atoms with Crippen molar-refractivity contribution in [2.24, 2.45) is 0 Å². The fourth-order valence-electron chi connectivity index (χ4n) is 1.67. The molecule has 0 aromatic rings. The van der Waals surface area contributed by atoms with Crippen molar-refractivity contribution >= 4 is 18.5 Å². The second-order valence-corrected chi connectivity index (χ2v) is 5.17. The smallest absolute Gasteiger partial charge is 0.407 e. The minimum Gasteiger partial charge on any atom is -0.444 e. The number of nitrogens with one attached hydrogen (secondary N) is 2. The van der Waals surface area contributed by atoms with Crippen LogP contribution in [0.25, 0.3) is 0 Å². The maximum absolute atomic E-state index is 11.5. The molecule has 102 valence electrons. The Balaban J connectivity index is 0.00000256. The molecule has 1 aliphatic rings. The van der Waals surface area contributed by atoms with Crippen molar-refractivity contribution in [3.63, 3.8) is 0 Å². The van der Waals surface area contributed by atoms with Crippen LogP contribution in [-0.2, 0) is 9.47 Å². The minimum absolute atomic E-state index is 0. The van der Waals surface area contributed by atoms with Crippen LogP contribution >= 0.6 is 12.4 Å². The van der Waals surface area contributed by atoms with Gasteiger partial charge in [-0.3, -0.25) is 0 Å². The highest BCUT2D eigenvalue weighted by Crippen LogP contribution is 2.17. The normalized spacial score (nSPS) is 24.0. The van der Waals surface area contributed by atoms with Crippen LogP contribution in [0.5, 0.6) is 0 Å². The van der Waals surface area contributed by atoms with Crippen LogP contribution in [0, 0.1) is 0 Å². The second kappa shape index (κ2) is 6.42. The molecule has 0 aromatic carbocycles. The summed E-state index contributed by atoms with van der Waals surface area (Å²) in [6.07, 6.45) is 0.509. The number of rotatable bonds is 3. The van der Waals surface area contributed by atoms with E-state index < -0.39 is 11.7 Å². The Labute approximate surface area is 109 Å². The number of carbonyl (C=O) groups excluding carboxylic acids is 1. The van der Waals surface area contributed by atoms with Crippen molar-refractivity contribution < 1.29 is 14.3 Å². The SMILES string of the molecule is COC1(CNC(=O)OC(C)(C)C)CCNC1.Cl. The lowest BCUT2D eigenvalue weighted by molar-refractivity contribution is 0.00188. The first kappa shape index (κ1) is 16.5. The van der Waals surface area contributed by atoms with E-state index >= 15 is 0 Å². The van der Waals surface area contributed by atoms with Gasteiger partial charge in [0.05, 0.1) is 12.1 Å². The molecule has 1 heterocycles. The molecule has 0 bridgehead atoms. The van der Waals surface area contributed by atoms with Crippen molar-refractivity contribution in [1.29, 1.82) is 0 Å². The van der Waals surface area contributed by atoms with Crippen LogP contribution in [0.1, 0.15) is 27.2 Å². The molecule has 0 saturated carbocycles. The van der Waals surface area contributed by atoms with Crippen LogP contribution in [0.2, 0.25) is 0 Å². The van der Waals surface area contributed by atoms with Crippen molar-refractivity contribution in [1.82, 2.24) is 10.6 Å². The number of hydrogen-bond donors (Lipinski definition) is 2. The van der Waals surface area contributed by atoms with Gasteiger partial charge in [-0.15, -0.1) is 12.4 Å². The third-order valence-electron chi connectivity index (χ3n) is 2.59. The van der Waals surface area contributed by atoms with Gasteiger partial charge in [-0.1, -0.05) is 0 Å². The van der Waals surface area contributed by atoms with E-state index in [1.807, 2.05) is 20.8 Å². The summed E-state index contributed by atoms with van der Waals surface area (Å²) in [6.45, 7) is 7.69. The minimum atomic E-state index is -0.460. The molecule has 1 rings (SSSR count). The van der Waals surface area contributed by atoms with E-state index in [2.05, 4.69) is 10.6 Å². The highest BCUT2D eigenvalue weighted by Gasteiger charge is 2.34. The Kier molecular flexibility index (Phi) is 6.23. The highest BCUT2D eigenvalue weighted by atomic mass is 35.5.